The van der Waals surface area contributed by atoms with Gasteiger partial charge in [-0.15, -0.1) is 0 Å². The van der Waals surface area contributed by atoms with E-state index in [4.69, 9.17) is 11.6 Å². The smallest absolute Gasteiger partial charge is 0.159 e. The Hall–Kier alpha value is -0.970. The van der Waals surface area contributed by atoms with E-state index in [0.29, 0.717) is 10.6 Å². The topological polar surface area (TPSA) is 12.0 Å². The Kier molecular flexibility index (Phi) is 5.73. The van der Waals surface area contributed by atoms with E-state index in [1.807, 2.05) is 19.1 Å². The molecule has 0 saturated heterocycles. The first-order valence-corrected chi connectivity index (χ1v) is 7.82. The lowest BCUT2D eigenvalue weighted by molar-refractivity contribution is 0.503. The highest BCUT2D eigenvalue weighted by molar-refractivity contribution is 9.10. The summed E-state index contributed by atoms with van der Waals surface area (Å²) in [6.45, 7) is 2.80. The third-order valence-electron chi connectivity index (χ3n) is 3.09. The molecular weight excluding hydrogens is 360 g/mol. The molecule has 0 aliphatic rings. The Morgan fingerprint density at radius 1 is 1.10 bits per heavy atom. The van der Waals surface area contributed by atoms with Crippen LogP contribution in [0.15, 0.2) is 40.9 Å². The van der Waals surface area contributed by atoms with Crippen molar-refractivity contribution in [3.63, 3.8) is 0 Å². The number of hydrogen-bond donors (Lipinski definition) is 1. The van der Waals surface area contributed by atoms with Gasteiger partial charge in [-0.1, -0.05) is 40.5 Å². The maximum absolute atomic E-state index is 13.5. The van der Waals surface area contributed by atoms with Gasteiger partial charge in [-0.05, 0) is 54.4 Å². The summed E-state index contributed by atoms with van der Waals surface area (Å²) in [6, 6.07) is 9.23. The summed E-state index contributed by atoms with van der Waals surface area (Å²) in [5.41, 5.74) is 1.56. The van der Waals surface area contributed by atoms with Gasteiger partial charge in [-0.2, -0.15) is 0 Å². The molecule has 112 valence electrons. The molecule has 0 fully saturated rings. The molecule has 0 spiro atoms. The molecule has 0 aliphatic carbocycles. The van der Waals surface area contributed by atoms with Crippen molar-refractivity contribution in [1.29, 1.82) is 0 Å². The average molecular weight is 375 g/mol. The van der Waals surface area contributed by atoms with Crippen molar-refractivity contribution in [1.82, 2.24) is 5.32 Å². The number of rotatable bonds is 5. The van der Waals surface area contributed by atoms with Crippen molar-refractivity contribution in [2.45, 2.75) is 19.4 Å². The van der Waals surface area contributed by atoms with Gasteiger partial charge in [0.25, 0.3) is 0 Å². The van der Waals surface area contributed by atoms with Gasteiger partial charge in [0.15, 0.2) is 11.6 Å². The van der Waals surface area contributed by atoms with Crippen molar-refractivity contribution in [3.05, 3.63) is 68.7 Å². The SMILES string of the molecule is CCCNC(c1cc(Cl)cc(Br)c1)c1ccc(F)c(F)c1. The fourth-order valence-electron chi connectivity index (χ4n) is 2.15. The highest BCUT2D eigenvalue weighted by Crippen LogP contribution is 2.28. The van der Waals surface area contributed by atoms with Crippen molar-refractivity contribution in [3.8, 4) is 0 Å². The summed E-state index contributed by atoms with van der Waals surface area (Å²) in [5.74, 6) is -1.70. The first kappa shape index (κ1) is 16.4. The first-order chi connectivity index (χ1) is 10.0. The van der Waals surface area contributed by atoms with E-state index in [1.165, 1.54) is 6.07 Å². The molecule has 2 aromatic rings. The molecule has 2 aromatic carbocycles. The minimum atomic E-state index is -0.850. The average Bonchev–Trinajstić information content (AvgIpc) is 2.42. The summed E-state index contributed by atoms with van der Waals surface area (Å²) < 4.78 is 27.5. The quantitative estimate of drug-likeness (QED) is 0.732. The summed E-state index contributed by atoms with van der Waals surface area (Å²) in [6.07, 6.45) is 0.932. The third-order valence-corrected chi connectivity index (χ3v) is 3.77. The largest absolute Gasteiger partial charge is 0.306 e. The van der Waals surface area contributed by atoms with Crippen LogP contribution in [0, 0.1) is 11.6 Å². The molecule has 5 heteroatoms. The van der Waals surface area contributed by atoms with E-state index < -0.39 is 11.6 Å². The molecule has 0 radical (unpaired) electrons. The number of benzene rings is 2. The number of hydrogen-bond acceptors (Lipinski definition) is 1. The predicted octanol–water partition coefficient (Wildman–Crippen LogP) is 5.47. The number of nitrogens with one attached hydrogen (secondary N) is 1. The van der Waals surface area contributed by atoms with E-state index in [0.717, 1.165) is 29.1 Å². The monoisotopic (exact) mass is 373 g/mol. The van der Waals surface area contributed by atoms with Gasteiger partial charge in [0.2, 0.25) is 0 Å². The molecule has 2 rings (SSSR count). The van der Waals surface area contributed by atoms with Gasteiger partial charge in [0.1, 0.15) is 0 Å². The van der Waals surface area contributed by atoms with Crippen molar-refractivity contribution in [2.75, 3.05) is 6.54 Å². The molecule has 0 saturated carbocycles. The Morgan fingerprint density at radius 2 is 1.86 bits per heavy atom. The molecular formula is C16H15BrClF2N. The van der Waals surface area contributed by atoms with Gasteiger partial charge in [-0.25, -0.2) is 8.78 Å². The second-order valence-electron chi connectivity index (χ2n) is 4.76. The second kappa shape index (κ2) is 7.34. The fourth-order valence-corrected chi connectivity index (χ4v) is 3.04. The fraction of sp³-hybridized carbons (Fsp3) is 0.250. The molecule has 21 heavy (non-hydrogen) atoms. The zero-order chi connectivity index (χ0) is 15.4. The van der Waals surface area contributed by atoms with E-state index >= 15 is 0 Å². The number of halogens is 4. The highest BCUT2D eigenvalue weighted by atomic mass is 79.9. The lowest BCUT2D eigenvalue weighted by Gasteiger charge is -2.20. The molecule has 0 heterocycles. The van der Waals surface area contributed by atoms with Crippen LogP contribution in [0.4, 0.5) is 8.78 Å². The lowest BCUT2D eigenvalue weighted by Crippen LogP contribution is -2.23. The molecule has 1 unspecified atom stereocenters. The minimum absolute atomic E-state index is 0.241. The molecule has 1 N–H and O–H groups in total. The van der Waals surface area contributed by atoms with Gasteiger partial charge in [-0.3, -0.25) is 0 Å². The Balaban J connectivity index is 2.43. The van der Waals surface area contributed by atoms with Crippen LogP contribution in [0.25, 0.3) is 0 Å². The van der Waals surface area contributed by atoms with Crippen LogP contribution in [0.3, 0.4) is 0 Å². The Labute approximate surface area is 136 Å². The maximum Gasteiger partial charge on any atom is 0.159 e. The lowest BCUT2D eigenvalue weighted by atomic mass is 9.98. The van der Waals surface area contributed by atoms with E-state index in [1.54, 1.807) is 12.1 Å². The summed E-state index contributed by atoms with van der Waals surface area (Å²) >= 11 is 9.48. The van der Waals surface area contributed by atoms with Crippen LogP contribution in [-0.2, 0) is 0 Å². The Morgan fingerprint density at radius 3 is 2.48 bits per heavy atom. The molecule has 0 amide bonds. The van der Waals surface area contributed by atoms with Crippen LogP contribution < -0.4 is 5.32 Å². The molecule has 0 bridgehead atoms. The molecule has 1 nitrogen and oxygen atoms in total. The van der Waals surface area contributed by atoms with Crippen LogP contribution >= 0.6 is 27.5 Å². The predicted molar refractivity (Wildman–Crippen MR) is 85.6 cm³/mol. The zero-order valence-corrected chi connectivity index (χ0v) is 13.8. The van der Waals surface area contributed by atoms with Crippen LogP contribution in [-0.4, -0.2) is 6.54 Å². The zero-order valence-electron chi connectivity index (χ0n) is 11.5. The Bertz CT molecular complexity index is 613. The molecule has 1 atom stereocenters. The highest BCUT2D eigenvalue weighted by Gasteiger charge is 2.16. The van der Waals surface area contributed by atoms with Gasteiger partial charge >= 0.3 is 0 Å². The summed E-state index contributed by atoms with van der Waals surface area (Å²) in [7, 11) is 0. The van der Waals surface area contributed by atoms with Crippen molar-refractivity contribution in [2.24, 2.45) is 0 Å². The maximum atomic E-state index is 13.5. The first-order valence-electron chi connectivity index (χ1n) is 6.65. The van der Waals surface area contributed by atoms with Crippen molar-refractivity contribution < 1.29 is 8.78 Å². The van der Waals surface area contributed by atoms with E-state index in [2.05, 4.69) is 21.2 Å². The minimum Gasteiger partial charge on any atom is -0.306 e. The van der Waals surface area contributed by atoms with E-state index in [9.17, 15) is 8.78 Å². The van der Waals surface area contributed by atoms with Gasteiger partial charge in [0, 0.05) is 9.50 Å². The van der Waals surface area contributed by atoms with Gasteiger partial charge < -0.3 is 5.32 Å². The van der Waals surface area contributed by atoms with Crippen LogP contribution in [0.2, 0.25) is 5.02 Å². The van der Waals surface area contributed by atoms with Gasteiger partial charge in [0.05, 0.1) is 6.04 Å². The third kappa shape index (κ3) is 4.25. The van der Waals surface area contributed by atoms with Crippen molar-refractivity contribution >= 4 is 27.5 Å². The summed E-state index contributed by atoms with van der Waals surface area (Å²) in [5, 5.41) is 3.92. The molecule has 0 aliphatic heterocycles. The normalized spacial score (nSPS) is 12.4. The van der Waals surface area contributed by atoms with Crippen LogP contribution in [0.1, 0.15) is 30.5 Å². The standard InChI is InChI=1S/C16H15BrClF2N/c1-2-5-21-16(10-3-4-14(19)15(20)8-10)11-6-12(17)9-13(18)7-11/h3-4,6-9,16,21H,2,5H2,1H3. The van der Waals surface area contributed by atoms with Crippen LogP contribution in [0.5, 0.6) is 0 Å². The second-order valence-corrected chi connectivity index (χ2v) is 6.12. The molecule has 0 aromatic heterocycles. The summed E-state index contributed by atoms with van der Waals surface area (Å²) in [4.78, 5) is 0. The van der Waals surface area contributed by atoms with E-state index in [-0.39, 0.29) is 6.04 Å².